The van der Waals surface area contributed by atoms with Gasteiger partial charge in [0.15, 0.2) is 0 Å². The molecule has 1 aromatic heterocycles. The number of benzene rings is 1. The molecular weight excluding hydrogens is 328 g/mol. The molecule has 3 heterocycles. The van der Waals surface area contributed by atoms with Gasteiger partial charge in [-0.05, 0) is 50.0 Å². The standard InChI is InChI=1S/C20H26N4O2/c25-20(4-1-15-5-7-21-13-15)23-18-2-3-19(24-9-11-26-12-10-24)16-6-8-22-14-17(16)18/h2-3,6,8,14-15,21H,1,4-5,7,9-13H2,(H,23,25). The number of hydrogen-bond donors (Lipinski definition) is 2. The Morgan fingerprint density at radius 2 is 2.15 bits per heavy atom. The lowest BCUT2D eigenvalue weighted by molar-refractivity contribution is -0.116. The summed E-state index contributed by atoms with van der Waals surface area (Å²) in [7, 11) is 0. The Bertz CT molecular complexity index is 767. The number of carbonyl (C=O) groups is 1. The fraction of sp³-hybridized carbons (Fsp3) is 0.500. The summed E-state index contributed by atoms with van der Waals surface area (Å²) in [6.07, 6.45) is 6.34. The molecule has 0 saturated carbocycles. The lowest BCUT2D eigenvalue weighted by Crippen LogP contribution is -2.36. The van der Waals surface area contributed by atoms with Crippen LogP contribution in [0.3, 0.4) is 0 Å². The van der Waals surface area contributed by atoms with Crippen LogP contribution in [0.5, 0.6) is 0 Å². The van der Waals surface area contributed by atoms with E-state index in [4.69, 9.17) is 4.74 Å². The zero-order chi connectivity index (χ0) is 17.8. The molecular formula is C20H26N4O2. The number of anilines is 2. The van der Waals surface area contributed by atoms with E-state index in [9.17, 15) is 4.79 Å². The molecule has 2 saturated heterocycles. The van der Waals surface area contributed by atoms with Crippen molar-refractivity contribution in [2.75, 3.05) is 49.6 Å². The monoisotopic (exact) mass is 354 g/mol. The highest BCUT2D eigenvalue weighted by Gasteiger charge is 2.18. The van der Waals surface area contributed by atoms with Gasteiger partial charge in [0.2, 0.25) is 5.91 Å². The molecule has 2 N–H and O–H groups in total. The lowest BCUT2D eigenvalue weighted by Gasteiger charge is -2.30. The normalized spacial score (nSPS) is 20.5. The van der Waals surface area contributed by atoms with E-state index in [1.165, 1.54) is 12.1 Å². The predicted molar refractivity (Wildman–Crippen MR) is 104 cm³/mol. The third-order valence-corrected chi connectivity index (χ3v) is 5.36. The number of morpholine rings is 1. The summed E-state index contributed by atoms with van der Waals surface area (Å²) in [5.41, 5.74) is 2.03. The minimum Gasteiger partial charge on any atom is -0.378 e. The molecule has 26 heavy (non-hydrogen) atoms. The van der Waals surface area contributed by atoms with E-state index < -0.39 is 0 Å². The Hall–Kier alpha value is -2.18. The first-order valence-corrected chi connectivity index (χ1v) is 9.51. The van der Waals surface area contributed by atoms with Gasteiger partial charge in [-0.25, -0.2) is 0 Å². The molecule has 1 amide bonds. The molecule has 1 aromatic carbocycles. The number of aromatic nitrogens is 1. The molecule has 2 aliphatic heterocycles. The van der Waals surface area contributed by atoms with Crippen LogP contribution in [-0.2, 0) is 9.53 Å². The Balaban J connectivity index is 1.51. The number of nitrogens with zero attached hydrogens (tertiary/aromatic N) is 2. The van der Waals surface area contributed by atoms with Crippen molar-refractivity contribution in [3.63, 3.8) is 0 Å². The SMILES string of the molecule is O=C(CCC1CCNC1)Nc1ccc(N2CCOCC2)c2ccncc12. The molecule has 2 aliphatic rings. The van der Waals surface area contributed by atoms with Crippen LogP contribution in [0.4, 0.5) is 11.4 Å². The number of pyridine rings is 1. The van der Waals surface area contributed by atoms with Crippen LogP contribution in [0.25, 0.3) is 10.8 Å². The van der Waals surface area contributed by atoms with Crippen LogP contribution >= 0.6 is 0 Å². The highest BCUT2D eigenvalue weighted by Crippen LogP contribution is 2.32. The minimum atomic E-state index is 0.0844. The molecule has 0 aliphatic carbocycles. The van der Waals surface area contributed by atoms with Gasteiger partial charge in [-0.1, -0.05) is 0 Å². The summed E-state index contributed by atoms with van der Waals surface area (Å²) in [5, 5.41) is 8.57. The third-order valence-electron chi connectivity index (χ3n) is 5.36. The molecule has 1 unspecified atom stereocenters. The average molecular weight is 354 g/mol. The van der Waals surface area contributed by atoms with Crippen molar-refractivity contribution < 1.29 is 9.53 Å². The van der Waals surface area contributed by atoms with Crippen molar-refractivity contribution in [3.05, 3.63) is 30.6 Å². The summed E-state index contributed by atoms with van der Waals surface area (Å²) in [5.74, 6) is 0.712. The molecule has 138 valence electrons. The van der Waals surface area contributed by atoms with Gasteiger partial charge < -0.3 is 20.3 Å². The molecule has 2 fully saturated rings. The van der Waals surface area contributed by atoms with Crippen molar-refractivity contribution in [2.24, 2.45) is 5.92 Å². The molecule has 6 heteroatoms. The Labute approximate surface area is 153 Å². The summed E-state index contributed by atoms with van der Waals surface area (Å²) in [6.45, 7) is 5.39. The van der Waals surface area contributed by atoms with E-state index in [0.29, 0.717) is 12.3 Å². The second-order valence-corrected chi connectivity index (χ2v) is 7.10. The van der Waals surface area contributed by atoms with E-state index in [1.54, 1.807) is 0 Å². The van der Waals surface area contributed by atoms with E-state index in [0.717, 1.165) is 62.3 Å². The average Bonchev–Trinajstić information content (AvgIpc) is 3.21. The van der Waals surface area contributed by atoms with E-state index in [-0.39, 0.29) is 5.91 Å². The topological polar surface area (TPSA) is 66.5 Å². The highest BCUT2D eigenvalue weighted by molar-refractivity contribution is 6.06. The molecule has 2 aromatic rings. The van der Waals surface area contributed by atoms with Gasteiger partial charge in [0.1, 0.15) is 0 Å². The van der Waals surface area contributed by atoms with Gasteiger partial charge in [-0.2, -0.15) is 0 Å². The van der Waals surface area contributed by atoms with Crippen molar-refractivity contribution in [2.45, 2.75) is 19.3 Å². The van der Waals surface area contributed by atoms with Gasteiger partial charge in [0, 0.05) is 48.4 Å². The van der Waals surface area contributed by atoms with E-state index in [2.05, 4.69) is 26.6 Å². The van der Waals surface area contributed by atoms with Crippen molar-refractivity contribution in [1.29, 1.82) is 0 Å². The van der Waals surface area contributed by atoms with Crippen LogP contribution in [0.15, 0.2) is 30.6 Å². The summed E-state index contributed by atoms with van der Waals surface area (Å²) < 4.78 is 5.46. The van der Waals surface area contributed by atoms with Crippen LogP contribution in [-0.4, -0.2) is 50.3 Å². The van der Waals surface area contributed by atoms with Gasteiger partial charge in [-0.15, -0.1) is 0 Å². The number of amides is 1. The second-order valence-electron chi connectivity index (χ2n) is 7.10. The highest BCUT2D eigenvalue weighted by atomic mass is 16.5. The van der Waals surface area contributed by atoms with Crippen LogP contribution in [0, 0.1) is 5.92 Å². The zero-order valence-electron chi connectivity index (χ0n) is 15.0. The first kappa shape index (κ1) is 17.2. The quantitative estimate of drug-likeness (QED) is 0.863. The lowest BCUT2D eigenvalue weighted by atomic mass is 10.0. The maximum Gasteiger partial charge on any atom is 0.224 e. The molecule has 6 nitrogen and oxygen atoms in total. The van der Waals surface area contributed by atoms with E-state index in [1.807, 2.05) is 24.5 Å². The molecule has 1 atom stereocenters. The van der Waals surface area contributed by atoms with E-state index >= 15 is 0 Å². The van der Waals surface area contributed by atoms with Gasteiger partial charge in [0.05, 0.1) is 18.9 Å². The predicted octanol–water partition coefficient (Wildman–Crippen LogP) is 2.40. The number of carbonyl (C=O) groups excluding carboxylic acids is 1. The smallest absolute Gasteiger partial charge is 0.224 e. The van der Waals surface area contributed by atoms with Crippen molar-refractivity contribution >= 4 is 28.1 Å². The number of rotatable bonds is 5. The van der Waals surface area contributed by atoms with Crippen molar-refractivity contribution in [3.8, 4) is 0 Å². The largest absolute Gasteiger partial charge is 0.378 e. The first-order valence-electron chi connectivity index (χ1n) is 9.51. The summed E-state index contributed by atoms with van der Waals surface area (Å²) >= 11 is 0. The fourth-order valence-electron chi connectivity index (χ4n) is 3.87. The van der Waals surface area contributed by atoms with Crippen LogP contribution in [0.1, 0.15) is 19.3 Å². The summed E-state index contributed by atoms with van der Waals surface area (Å²) in [6, 6.07) is 6.13. The summed E-state index contributed by atoms with van der Waals surface area (Å²) in [4.78, 5) is 19.0. The van der Waals surface area contributed by atoms with Crippen LogP contribution < -0.4 is 15.5 Å². The minimum absolute atomic E-state index is 0.0844. The maximum atomic E-state index is 12.4. The number of ether oxygens (including phenoxy) is 1. The van der Waals surface area contributed by atoms with Crippen LogP contribution in [0.2, 0.25) is 0 Å². The number of nitrogens with one attached hydrogen (secondary N) is 2. The second kappa shape index (κ2) is 8.01. The van der Waals surface area contributed by atoms with Crippen molar-refractivity contribution in [1.82, 2.24) is 10.3 Å². The zero-order valence-corrected chi connectivity index (χ0v) is 15.0. The Morgan fingerprint density at radius 1 is 1.27 bits per heavy atom. The molecule has 4 rings (SSSR count). The number of hydrogen-bond acceptors (Lipinski definition) is 5. The molecule has 0 spiro atoms. The van der Waals surface area contributed by atoms with Gasteiger partial charge in [0.25, 0.3) is 0 Å². The Morgan fingerprint density at radius 3 is 2.96 bits per heavy atom. The van der Waals surface area contributed by atoms with Gasteiger partial charge >= 0.3 is 0 Å². The fourth-order valence-corrected chi connectivity index (χ4v) is 3.87. The maximum absolute atomic E-state index is 12.4. The third kappa shape index (κ3) is 3.81. The first-order chi connectivity index (χ1) is 12.8. The Kier molecular flexibility index (Phi) is 5.32. The molecule has 0 radical (unpaired) electrons. The number of fused-ring (bicyclic) bond motifs is 1. The van der Waals surface area contributed by atoms with Gasteiger partial charge in [-0.3, -0.25) is 9.78 Å². The molecule has 0 bridgehead atoms.